The molecular formula is C15H17NO4. The van der Waals surface area contributed by atoms with E-state index >= 15 is 0 Å². The summed E-state index contributed by atoms with van der Waals surface area (Å²) in [6.07, 6.45) is 5.28. The van der Waals surface area contributed by atoms with Crippen molar-refractivity contribution in [1.82, 2.24) is 0 Å². The summed E-state index contributed by atoms with van der Waals surface area (Å²) in [4.78, 5) is 23.9. The Balaban J connectivity index is 2.79. The molecule has 0 saturated carbocycles. The molecular weight excluding hydrogens is 258 g/mol. The Kier molecular flexibility index (Phi) is 6.11. The lowest BCUT2D eigenvalue weighted by atomic mass is 10.2. The maximum Gasteiger partial charge on any atom is 0.338 e. The molecule has 5 heteroatoms. The zero-order chi connectivity index (χ0) is 15.0. The van der Waals surface area contributed by atoms with Crippen molar-refractivity contribution >= 4 is 17.6 Å². The molecule has 0 aliphatic rings. The van der Waals surface area contributed by atoms with Gasteiger partial charge in [0.05, 0.1) is 25.1 Å². The number of hydrogen-bond donors (Lipinski definition) is 1. The van der Waals surface area contributed by atoms with Crippen LogP contribution in [0.15, 0.2) is 24.3 Å². The molecule has 20 heavy (non-hydrogen) atoms. The summed E-state index contributed by atoms with van der Waals surface area (Å²) in [6.45, 7) is 2.69. The first-order chi connectivity index (χ1) is 9.58. The fourth-order valence-electron chi connectivity index (χ4n) is 1.66. The number of carboxylic acid groups (broad SMARTS) is 1. The van der Waals surface area contributed by atoms with Gasteiger partial charge in [0.15, 0.2) is 0 Å². The highest BCUT2D eigenvalue weighted by Crippen LogP contribution is 2.16. The number of anilines is 1. The number of hydrogen-bond acceptors (Lipinski definition) is 4. The molecule has 0 saturated heterocycles. The van der Waals surface area contributed by atoms with Gasteiger partial charge in [-0.05, 0) is 31.2 Å². The van der Waals surface area contributed by atoms with E-state index in [-0.39, 0.29) is 12.4 Å². The first-order valence-electron chi connectivity index (χ1n) is 6.25. The number of terminal acetylenes is 1. The predicted octanol–water partition coefficient (Wildman–Crippen LogP) is 1.78. The molecule has 0 spiro atoms. The van der Waals surface area contributed by atoms with Crippen molar-refractivity contribution < 1.29 is 19.4 Å². The Labute approximate surface area is 118 Å². The third-order valence-electron chi connectivity index (χ3n) is 2.62. The molecule has 5 nitrogen and oxygen atoms in total. The molecule has 1 aromatic carbocycles. The van der Waals surface area contributed by atoms with Crippen molar-refractivity contribution in [2.75, 3.05) is 24.6 Å². The summed E-state index contributed by atoms with van der Waals surface area (Å²) < 4.78 is 4.89. The second-order valence-electron chi connectivity index (χ2n) is 4.04. The molecule has 0 aromatic heterocycles. The highest BCUT2D eigenvalue weighted by Gasteiger charge is 2.10. The summed E-state index contributed by atoms with van der Waals surface area (Å²) in [7, 11) is 0. The summed E-state index contributed by atoms with van der Waals surface area (Å²) >= 11 is 0. The number of benzene rings is 1. The van der Waals surface area contributed by atoms with Crippen LogP contribution in [0.2, 0.25) is 0 Å². The zero-order valence-corrected chi connectivity index (χ0v) is 11.3. The first kappa shape index (κ1) is 15.6. The molecule has 1 N–H and O–H groups in total. The number of nitrogens with zero attached hydrogens (tertiary/aromatic N) is 1. The second kappa shape index (κ2) is 7.85. The first-order valence-corrected chi connectivity index (χ1v) is 6.25. The minimum absolute atomic E-state index is 0.00130. The van der Waals surface area contributed by atoms with Crippen molar-refractivity contribution in [3.8, 4) is 12.3 Å². The molecule has 0 atom stereocenters. The van der Waals surface area contributed by atoms with E-state index in [9.17, 15) is 9.59 Å². The van der Waals surface area contributed by atoms with Crippen LogP contribution in [-0.2, 0) is 9.53 Å². The number of rotatable bonds is 7. The van der Waals surface area contributed by atoms with Crippen LogP contribution in [0.25, 0.3) is 0 Å². The maximum atomic E-state index is 11.5. The number of esters is 1. The molecule has 0 unspecified atom stereocenters. The third-order valence-corrected chi connectivity index (χ3v) is 2.62. The summed E-state index contributed by atoms with van der Waals surface area (Å²) in [5.74, 6) is 1.23. The Morgan fingerprint density at radius 1 is 1.35 bits per heavy atom. The second-order valence-corrected chi connectivity index (χ2v) is 4.04. The molecule has 0 radical (unpaired) electrons. The summed E-state index contributed by atoms with van der Waals surface area (Å²) in [5.41, 5.74) is 1.23. The predicted molar refractivity (Wildman–Crippen MR) is 75.7 cm³/mol. The molecule has 0 fully saturated rings. The molecule has 106 valence electrons. The molecule has 0 aliphatic carbocycles. The fraction of sp³-hybridized carbons (Fsp3) is 0.333. The molecule has 0 aliphatic heterocycles. The van der Waals surface area contributed by atoms with Gasteiger partial charge >= 0.3 is 11.9 Å². The SMILES string of the molecule is C#CCN(CCC(=O)O)c1ccc(C(=O)OCC)cc1. The van der Waals surface area contributed by atoms with Gasteiger partial charge in [-0.25, -0.2) is 4.79 Å². The average Bonchev–Trinajstić information content (AvgIpc) is 2.44. The highest BCUT2D eigenvalue weighted by molar-refractivity contribution is 5.89. The largest absolute Gasteiger partial charge is 0.481 e. The minimum Gasteiger partial charge on any atom is -0.481 e. The monoisotopic (exact) mass is 275 g/mol. The van der Waals surface area contributed by atoms with E-state index in [0.717, 1.165) is 5.69 Å². The quantitative estimate of drug-likeness (QED) is 0.607. The molecule has 1 rings (SSSR count). The average molecular weight is 275 g/mol. The van der Waals surface area contributed by atoms with Gasteiger partial charge in [-0.3, -0.25) is 4.79 Å². The van der Waals surface area contributed by atoms with E-state index in [4.69, 9.17) is 16.3 Å². The van der Waals surface area contributed by atoms with Gasteiger partial charge in [-0.2, -0.15) is 0 Å². The lowest BCUT2D eigenvalue weighted by molar-refractivity contribution is -0.136. The number of carbonyl (C=O) groups is 2. The summed E-state index contributed by atoms with van der Waals surface area (Å²) in [6, 6.07) is 6.73. The van der Waals surface area contributed by atoms with Crippen LogP contribution in [0, 0.1) is 12.3 Å². The van der Waals surface area contributed by atoms with Gasteiger partial charge in [-0.1, -0.05) is 5.92 Å². The van der Waals surface area contributed by atoms with Crippen LogP contribution in [-0.4, -0.2) is 36.7 Å². The van der Waals surface area contributed by atoms with Crippen molar-refractivity contribution in [3.05, 3.63) is 29.8 Å². The van der Waals surface area contributed by atoms with Gasteiger partial charge in [0.2, 0.25) is 0 Å². The number of carboxylic acids is 1. The van der Waals surface area contributed by atoms with Crippen molar-refractivity contribution in [3.63, 3.8) is 0 Å². The van der Waals surface area contributed by atoms with Gasteiger partial charge in [-0.15, -0.1) is 6.42 Å². The number of carbonyl (C=O) groups excluding carboxylic acids is 1. The summed E-state index contributed by atoms with van der Waals surface area (Å²) in [5, 5.41) is 8.71. The minimum atomic E-state index is -0.879. The van der Waals surface area contributed by atoms with E-state index < -0.39 is 5.97 Å². The standard InChI is InChI=1S/C15H17NO4/c1-3-10-16(11-9-14(17)18)13-7-5-12(6-8-13)15(19)20-4-2/h1,5-8H,4,9-11H2,2H3,(H,17,18). The van der Waals surface area contributed by atoms with Gasteiger partial charge < -0.3 is 14.7 Å². The van der Waals surface area contributed by atoms with E-state index in [1.165, 1.54) is 0 Å². The lowest BCUT2D eigenvalue weighted by Gasteiger charge is -2.21. The van der Waals surface area contributed by atoms with Crippen molar-refractivity contribution in [1.29, 1.82) is 0 Å². The third kappa shape index (κ3) is 4.65. The van der Waals surface area contributed by atoms with Crippen LogP contribution in [0.3, 0.4) is 0 Å². The van der Waals surface area contributed by atoms with Crippen LogP contribution < -0.4 is 4.90 Å². The van der Waals surface area contributed by atoms with Gasteiger partial charge in [0, 0.05) is 12.2 Å². The molecule has 1 aromatic rings. The van der Waals surface area contributed by atoms with Crippen molar-refractivity contribution in [2.45, 2.75) is 13.3 Å². The Morgan fingerprint density at radius 3 is 2.50 bits per heavy atom. The number of ether oxygens (including phenoxy) is 1. The van der Waals surface area contributed by atoms with Crippen LogP contribution in [0.5, 0.6) is 0 Å². The number of aliphatic carboxylic acids is 1. The van der Waals surface area contributed by atoms with Crippen LogP contribution in [0.1, 0.15) is 23.7 Å². The molecule has 0 heterocycles. The van der Waals surface area contributed by atoms with Gasteiger partial charge in [0.25, 0.3) is 0 Å². The topological polar surface area (TPSA) is 66.8 Å². The van der Waals surface area contributed by atoms with Crippen molar-refractivity contribution in [2.24, 2.45) is 0 Å². The van der Waals surface area contributed by atoms with E-state index in [2.05, 4.69) is 5.92 Å². The Bertz CT molecular complexity index is 502. The normalized spacial score (nSPS) is 9.60. The molecule has 0 bridgehead atoms. The van der Waals surface area contributed by atoms with E-state index in [1.54, 1.807) is 36.1 Å². The van der Waals surface area contributed by atoms with Gasteiger partial charge in [0.1, 0.15) is 0 Å². The fourth-order valence-corrected chi connectivity index (χ4v) is 1.66. The smallest absolute Gasteiger partial charge is 0.338 e. The zero-order valence-electron chi connectivity index (χ0n) is 11.3. The maximum absolute atomic E-state index is 11.5. The Hall–Kier alpha value is -2.48. The molecule has 0 amide bonds. The Morgan fingerprint density at radius 2 is 2.00 bits per heavy atom. The lowest BCUT2D eigenvalue weighted by Crippen LogP contribution is -2.26. The van der Waals surface area contributed by atoms with Crippen LogP contribution >= 0.6 is 0 Å². The van der Waals surface area contributed by atoms with E-state index in [1.807, 2.05) is 0 Å². The van der Waals surface area contributed by atoms with Crippen LogP contribution in [0.4, 0.5) is 5.69 Å². The highest BCUT2D eigenvalue weighted by atomic mass is 16.5. The van der Waals surface area contributed by atoms with E-state index in [0.29, 0.717) is 25.3 Å².